The minimum atomic E-state index is 0.901. The second-order valence-corrected chi connectivity index (χ2v) is 5.73. The van der Waals surface area contributed by atoms with E-state index >= 15 is 0 Å². The van der Waals surface area contributed by atoms with Crippen LogP contribution in [0, 0.1) is 0 Å². The normalized spacial score (nSPS) is 15.8. The lowest BCUT2D eigenvalue weighted by atomic mass is 10.2. The van der Waals surface area contributed by atoms with E-state index < -0.39 is 0 Å². The minimum Gasteiger partial charge on any atom is -0.497 e. The summed E-state index contributed by atoms with van der Waals surface area (Å²) in [7, 11) is 1.71. The van der Waals surface area contributed by atoms with Crippen LogP contribution in [0.5, 0.6) is 5.75 Å². The quantitative estimate of drug-likeness (QED) is 0.841. The van der Waals surface area contributed by atoms with Gasteiger partial charge in [-0.15, -0.1) is 0 Å². The lowest BCUT2D eigenvalue weighted by Crippen LogP contribution is -2.51. The van der Waals surface area contributed by atoms with Gasteiger partial charge in [-0.25, -0.2) is 0 Å². The van der Waals surface area contributed by atoms with Crippen molar-refractivity contribution < 1.29 is 4.74 Å². The first-order chi connectivity index (χ1) is 10.2. The Labute approximate surface area is 133 Å². The third-order valence-corrected chi connectivity index (χ3v) is 4.13. The van der Waals surface area contributed by atoms with Gasteiger partial charge in [0.15, 0.2) is 5.11 Å². The Balaban J connectivity index is 1.79. The number of nitrogens with zero attached hydrogens (tertiary/aromatic N) is 2. The van der Waals surface area contributed by atoms with Crippen molar-refractivity contribution in [2.75, 3.05) is 39.8 Å². The first-order valence-electron chi connectivity index (χ1n) is 7.61. The van der Waals surface area contributed by atoms with Crippen LogP contribution in [0.2, 0.25) is 0 Å². The van der Waals surface area contributed by atoms with E-state index in [4.69, 9.17) is 17.0 Å². The first-order valence-corrected chi connectivity index (χ1v) is 8.02. The summed E-state index contributed by atoms with van der Waals surface area (Å²) in [6, 6.07) is 8.30. The van der Waals surface area contributed by atoms with Crippen molar-refractivity contribution in [2.24, 2.45) is 0 Å². The van der Waals surface area contributed by atoms with Gasteiger partial charge in [-0.3, -0.25) is 4.90 Å². The molecule has 2 rings (SSSR count). The highest BCUT2D eigenvalue weighted by molar-refractivity contribution is 7.80. The standard InChI is InChI=1S/C16H25N3OS/c1-3-7-17-16(21)19-10-8-18(9-11-19)13-14-5-4-6-15(12-14)20-2/h4-6,12H,3,7-11,13H2,1-2H3,(H,17,21). The number of hydrogen-bond acceptors (Lipinski definition) is 3. The summed E-state index contributed by atoms with van der Waals surface area (Å²) in [5, 5.41) is 4.20. The Bertz CT molecular complexity index is 459. The zero-order chi connectivity index (χ0) is 15.1. The fourth-order valence-corrected chi connectivity index (χ4v) is 2.77. The maximum Gasteiger partial charge on any atom is 0.169 e. The second-order valence-electron chi connectivity index (χ2n) is 5.35. The molecule has 5 heteroatoms. The Morgan fingerprint density at radius 3 is 2.71 bits per heavy atom. The largest absolute Gasteiger partial charge is 0.497 e. The maximum absolute atomic E-state index is 5.42. The first kappa shape index (κ1) is 16.0. The number of rotatable bonds is 5. The van der Waals surface area contributed by atoms with Crippen LogP contribution in [0.25, 0.3) is 0 Å². The highest BCUT2D eigenvalue weighted by atomic mass is 32.1. The van der Waals surface area contributed by atoms with Gasteiger partial charge >= 0.3 is 0 Å². The Kier molecular flexibility index (Phi) is 6.26. The lowest BCUT2D eigenvalue weighted by molar-refractivity contribution is 0.174. The van der Waals surface area contributed by atoms with E-state index in [1.807, 2.05) is 12.1 Å². The number of thiocarbonyl (C=S) groups is 1. The number of nitrogens with one attached hydrogen (secondary N) is 1. The number of hydrogen-bond donors (Lipinski definition) is 1. The van der Waals surface area contributed by atoms with Crippen molar-refractivity contribution in [2.45, 2.75) is 19.9 Å². The topological polar surface area (TPSA) is 27.7 Å². The molecule has 1 aromatic carbocycles. The van der Waals surface area contributed by atoms with Crippen molar-refractivity contribution in [1.29, 1.82) is 0 Å². The summed E-state index contributed by atoms with van der Waals surface area (Å²) in [5.74, 6) is 0.927. The number of ether oxygens (including phenoxy) is 1. The zero-order valence-corrected chi connectivity index (χ0v) is 13.8. The van der Waals surface area contributed by atoms with Gasteiger partial charge in [0.05, 0.1) is 7.11 Å². The molecule has 0 atom stereocenters. The third kappa shape index (κ3) is 4.86. The molecule has 1 aliphatic heterocycles. The molecule has 1 aromatic rings. The summed E-state index contributed by atoms with van der Waals surface area (Å²) in [6.07, 6.45) is 1.11. The van der Waals surface area contributed by atoms with Crippen LogP contribution < -0.4 is 10.1 Å². The molecule has 1 saturated heterocycles. The van der Waals surface area contributed by atoms with Crippen molar-refractivity contribution >= 4 is 17.3 Å². The molecule has 0 bridgehead atoms. The Hall–Kier alpha value is -1.33. The van der Waals surface area contributed by atoms with Crippen LogP contribution in [-0.2, 0) is 6.54 Å². The number of piperazine rings is 1. The molecule has 21 heavy (non-hydrogen) atoms. The summed E-state index contributed by atoms with van der Waals surface area (Å²) in [5.41, 5.74) is 1.30. The summed E-state index contributed by atoms with van der Waals surface area (Å²) < 4.78 is 5.28. The Morgan fingerprint density at radius 1 is 1.29 bits per heavy atom. The fraction of sp³-hybridized carbons (Fsp3) is 0.562. The third-order valence-electron chi connectivity index (χ3n) is 3.73. The molecule has 1 aliphatic rings. The smallest absolute Gasteiger partial charge is 0.169 e. The van der Waals surface area contributed by atoms with Crippen molar-refractivity contribution in [3.05, 3.63) is 29.8 Å². The molecule has 0 aliphatic carbocycles. The van der Waals surface area contributed by atoms with Crippen LogP contribution in [0.15, 0.2) is 24.3 Å². The summed E-state index contributed by atoms with van der Waals surface area (Å²) >= 11 is 5.42. The predicted octanol–water partition coefficient (Wildman–Crippen LogP) is 2.10. The molecule has 0 spiro atoms. The molecule has 1 heterocycles. The van der Waals surface area contributed by atoms with Gasteiger partial charge in [-0.2, -0.15) is 0 Å². The van der Waals surface area contributed by atoms with Gasteiger partial charge < -0.3 is 15.0 Å². The Morgan fingerprint density at radius 2 is 2.05 bits per heavy atom. The fourth-order valence-electron chi connectivity index (χ4n) is 2.48. The van der Waals surface area contributed by atoms with E-state index in [2.05, 4.69) is 34.2 Å². The molecule has 116 valence electrons. The van der Waals surface area contributed by atoms with Crippen molar-refractivity contribution in [3.63, 3.8) is 0 Å². The van der Waals surface area contributed by atoms with Crippen molar-refractivity contribution in [1.82, 2.24) is 15.1 Å². The number of methoxy groups -OCH3 is 1. The highest BCUT2D eigenvalue weighted by Gasteiger charge is 2.18. The summed E-state index contributed by atoms with van der Waals surface area (Å²) in [4.78, 5) is 4.74. The van der Waals surface area contributed by atoms with E-state index in [1.54, 1.807) is 7.11 Å². The minimum absolute atomic E-state index is 0.901. The van der Waals surface area contributed by atoms with Crippen LogP contribution in [0.4, 0.5) is 0 Å². The van der Waals surface area contributed by atoms with Crippen LogP contribution in [0.1, 0.15) is 18.9 Å². The van der Waals surface area contributed by atoms with Gasteiger partial charge in [-0.1, -0.05) is 19.1 Å². The van der Waals surface area contributed by atoms with E-state index in [0.29, 0.717) is 0 Å². The average molecular weight is 307 g/mol. The molecular formula is C16H25N3OS. The van der Waals surface area contributed by atoms with Gasteiger partial charge in [0.2, 0.25) is 0 Å². The van der Waals surface area contributed by atoms with Gasteiger partial charge in [0.1, 0.15) is 5.75 Å². The molecule has 0 aromatic heterocycles. The van der Waals surface area contributed by atoms with E-state index in [9.17, 15) is 0 Å². The van der Waals surface area contributed by atoms with E-state index in [1.165, 1.54) is 5.56 Å². The molecule has 4 nitrogen and oxygen atoms in total. The molecular weight excluding hydrogens is 282 g/mol. The molecule has 1 N–H and O–H groups in total. The van der Waals surface area contributed by atoms with Gasteiger partial charge in [0, 0.05) is 39.3 Å². The highest BCUT2D eigenvalue weighted by Crippen LogP contribution is 2.15. The molecule has 0 amide bonds. The van der Waals surface area contributed by atoms with Gasteiger partial charge in [-0.05, 0) is 36.3 Å². The molecule has 0 unspecified atom stereocenters. The molecule has 0 saturated carbocycles. The zero-order valence-electron chi connectivity index (χ0n) is 13.0. The maximum atomic E-state index is 5.42. The van der Waals surface area contributed by atoms with Crippen molar-refractivity contribution in [3.8, 4) is 5.75 Å². The number of benzene rings is 1. The van der Waals surface area contributed by atoms with E-state index in [0.717, 1.165) is 56.6 Å². The average Bonchev–Trinajstić information content (AvgIpc) is 2.53. The van der Waals surface area contributed by atoms with E-state index in [-0.39, 0.29) is 0 Å². The monoisotopic (exact) mass is 307 g/mol. The SMILES string of the molecule is CCCNC(=S)N1CCN(Cc2cccc(OC)c2)CC1. The predicted molar refractivity (Wildman–Crippen MR) is 90.7 cm³/mol. The van der Waals surface area contributed by atoms with Gasteiger partial charge in [0.25, 0.3) is 0 Å². The molecule has 0 radical (unpaired) electrons. The molecule has 1 fully saturated rings. The van der Waals surface area contributed by atoms with Crippen LogP contribution >= 0.6 is 12.2 Å². The van der Waals surface area contributed by atoms with Crippen LogP contribution in [0.3, 0.4) is 0 Å². The van der Waals surface area contributed by atoms with Crippen LogP contribution in [-0.4, -0.2) is 54.7 Å². The summed E-state index contributed by atoms with van der Waals surface area (Å²) in [6.45, 7) is 8.18. The lowest BCUT2D eigenvalue weighted by Gasteiger charge is -2.36. The second kappa shape index (κ2) is 8.20.